The van der Waals surface area contributed by atoms with Gasteiger partial charge >= 0.3 is 5.97 Å². The molecule has 0 bridgehead atoms. The van der Waals surface area contributed by atoms with Gasteiger partial charge in [0.1, 0.15) is 11.8 Å². The number of esters is 1. The summed E-state index contributed by atoms with van der Waals surface area (Å²) >= 11 is 0. The van der Waals surface area contributed by atoms with Crippen LogP contribution in [0.2, 0.25) is 0 Å². The fourth-order valence-electron chi connectivity index (χ4n) is 1.75. The van der Waals surface area contributed by atoms with E-state index >= 15 is 0 Å². The van der Waals surface area contributed by atoms with Crippen molar-refractivity contribution in [2.45, 2.75) is 32.4 Å². The molecule has 0 unspecified atom stereocenters. The van der Waals surface area contributed by atoms with Crippen molar-refractivity contribution >= 4 is 5.97 Å². The molecule has 0 saturated carbocycles. The summed E-state index contributed by atoms with van der Waals surface area (Å²) in [5, 5.41) is 3.20. The minimum absolute atomic E-state index is 0.229. The van der Waals surface area contributed by atoms with Crippen LogP contribution in [0.3, 0.4) is 0 Å². The molecular weight excluding hydrogens is 230 g/mol. The van der Waals surface area contributed by atoms with Gasteiger partial charge in [-0.3, -0.25) is 4.79 Å². The zero-order valence-electron chi connectivity index (χ0n) is 11.4. The van der Waals surface area contributed by atoms with Gasteiger partial charge < -0.3 is 14.8 Å². The fourth-order valence-corrected chi connectivity index (χ4v) is 1.75. The van der Waals surface area contributed by atoms with Gasteiger partial charge in [-0.05, 0) is 24.1 Å². The molecule has 0 aliphatic heterocycles. The van der Waals surface area contributed by atoms with Crippen LogP contribution in [0.5, 0.6) is 5.75 Å². The van der Waals surface area contributed by atoms with Crippen LogP contribution >= 0.6 is 0 Å². The maximum Gasteiger partial charge on any atom is 0.323 e. The lowest BCUT2D eigenvalue weighted by molar-refractivity contribution is -0.143. The summed E-state index contributed by atoms with van der Waals surface area (Å²) in [6.07, 6.45) is 0.606. The molecule has 4 nitrogen and oxygen atoms in total. The van der Waals surface area contributed by atoms with E-state index in [1.165, 1.54) is 7.11 Å². The van der Waals surface area contributed by atoms with Crippen molar-refractivity contribution in [1.29, 1.82) is 0 Å². The first kappa shape index (κ1) is 14.5. The van der Waals surface area contributed by atoms with Crippen LogP contribution in [-0.2, 0) is 16.0 Å². The normalized spacial score (nSPS) is 12.3. The average molecular weight is 251 g/mol. The third-order valence-corrected chi connectivity index (χ3v) is 2.62. The van der Waals surface area contributed by atoms with E-state index in [4.69, 9.17) is 9.47 Å². The van der Waals surface area contributed by atoms with Gasteiger partial charge in [-0.1, -0.05) is 26.0 Å². The van der Waals surface area contributed by atoms with Gasteiger partial charge in [0.2, 0.25) is 0 Å². The van der Waals surface area contributed by atoms with Crippen molar-refractivity contribution in [3.05, 3.63) is 29.8 Å². The number of carbonyl (C=O) groups is 1. The Hall–Kier alpha value is -1.55. The average Bonchev–Trinajstić information content (AvgIpc) is 2.37. The highest BCUT2D eigenvalue weighted by Crippen LogP contribution is 2.13. The minimum Gasteiger partial charge on any atom is -0.497 e. The number of hydrogen-bond donors (Lipinski definition) is 1. The molecule has 0 aliphatic rings. The second-order valence-electron chi connectivity index (χ2n) is 4.45. The smallest absolute Gasteiger partial charge is 0.323 e. The lowest BCUT2D eigenvalue weighted by atomic mass is 10.1. The summed E-state index contributed by atoms with van der Waals surface area (Å²) in [7, 11) is 3.04. The first-order valence-corrected chi connectivity index (χ1v) is 6.03. The van der Waals surface area contributed by atoms with Gasteiger partial charge in [0, 0.05) is 6.04 Å². The minimum atomic E-state index is -0.316. The third kappa shape index (κ3) is 4.37. The van der Waals surface area contributed by atoms with E-state index in [0.29, 0.717) is 6.42 Å². The number of carbonyl (C=O) groups excluding carboxylic acids is 1. The van der Waals surface area contributed by atoms with E-state index in [9.17, 15) is 4.79 Å². The Morgan fingerprint density at radius 1 is 1.22 bits per heavy atom. The molecule has 0 aromatic heterocycles. The molecule has 1 aromatic carbocycles. The number of benzene rings is 1. The van der Waals surface area contributed by atoms with E-state index in [0.717, 1.165) is 11.3 Å². The third-order valence-electron chi connectivity index (χ3n) is 2.62. The fraction of sp³-hybridized carbons (Fsp3) is 0.500. The number of rotatable bonds is 6. The molecule has 1 rings (SSSR count). The monoisotopic (exact) mass is 251 g/mol. The largest absolute Gasteiger partial charge is 0.497 e. The van der Waals surface area contributed by atoms with Gasteiger partial charge in [-0.2, -0.15) is 0 Å². The summed E-state index contributed by atoms with van der Waals surface area (Å²) in [6.45, 7) is 4.01. The topological polar surface area (TPSA) is 47.6 Å². The Bertz CT molecular complexity index is 373. The highest BCUT2D eigenvalue weighted by atomic mass is 16.5. The van der Waals surface area contributed by atoms with Crippen LogP contribution in [0.15, 0.2) is 24.3 Å². The summed E-state index contributed by atoms with van der Waals surface area (Å²) in [5.41, 5.74) is 1.07. The van der Waals surface area contributed by atoms with Crippen molar-refractivity contribution in [3.8, 4) is 5.75 Å². The van der Waals surface area contributed by atoms with Crippen molar-refractivity contribution in [1.82, 2.24) is 5.32 Å². The van der Waals surface area contributed by atoms with Gasteiger partial charge in [0.15, 0.2) is 0 Å². The second-order valence-corrected chi connectivity index (χ2v) is 4.45. The molecular formula is C14H21NO3. The number of nitrogens with one attached hydrogen (secondary N) is 1. The molecule has 0 fully saturated rings. The van der Waals surface area contributed by atoms with Gasteiger partial charge in [-0.15, -0.1) is 0 Å². The lowest BCUT2D eigenvalue weighted by Gasteiger charge is -2.19. The van der Waals surface area contributed by atoms with E-state index in [1.807, 2.05) is 38.1 Å². The first-order valence-electron chi connectivity index (χ1n) is 6.03. The van der Waals surface area contributed by atoms with Gasteiger partial charge in [0.25, 0.3) is 0 Å². The van der Waals surface area contributed by atoms with Crippen LogP contribution in [-0.4, -0.2) is 32.3 Å². The van der Waals surface area contributed by atoms with Crippen molar-refractivity contribution in [3.63, 3.8) is 0 Å². The predicted octanol–water partition coefficient (Wildman–Crippen LogP) is 1.78. The SMILES string of the molecule is COC(=O)[C@H](Cc1ccc(OC)cc1)NC(C)C. The summed E-state index contributed by atoms with van der Waals surface area (Å²) in [4.78, 5) is 11.7. The number of methoxy groups -OCH3 is 2. The Morgan fingerprint density at radius 2 is 1.83 bits per heavy atom. The van der Waals surface area contributed by atoms with Crippen molar-refractivity contribution in [2.24, 2.45) is 0 Å². The molecule has 0 amide bonds. The molecule has 1 aromatic rings. The number of ether oxygens (including phenoxy) is 2. The van der Waals surface area contributed by atoms with Crippen LogP contribution in [0.4, 0.5) is 0 Å². The summed E-state index contributed by atoms with van der Waals surface area (Å²) < 4.78 is 9.90. The summed E-state index contributed by atoms with van der Waals surface area (Å²) in [6, 6.07) is 7.60. The zero-order chi connectivity index (χ0) is 13.5. The molecule has 1 atom stereocenters. The molecule has 100 valence electrons. The Kier molecular flexibility index (Phi) is 5.65. The zero-order valence-corrected chi connectivity index (χ0v) is 11.4. The van der Waals surface area contributed by atoms with E-state index < -0.39 is 0 Å². The predicted molar refractivity (Wildman–Crippen MR) is 70.8 cm³/mol. The second kappa shape index (κ2) is 7.01. The molecule has 0 saturated heterocycles. The standard InChI is InChI=1S/C14H21NO3/c1-10(2)15-13(14(16)18-4)9-11-5-7-12(17-3)8-6-11/h5-8,10,13,15H,9H2,1-4H3/t13-/m0/s1. The van der Waals surface area contributed by atoms with Crippen molar-refractivity contribution < 1.29 is 14.3 Å². The Morgan fingerprint density at radius 3 is 2.28 bits per heavy atom. The van der Waals surface area contributed by atoms with Gasteiger partial charge in [0.05, 0.1) is 14.2 Å². The van der Waals surface area contributed by atoms with Crippen LogP contribution < -0.4 is 10.1 Å². The maximum absolute atomic E-state index is 11.7. The Labute approximate surface area is 108 Å². The van der Waals surface area contributed by atoms with Crippen LogP contribution in [0.1, 0.15) is 19.4 Å². The molecule has 0 spiro atoms. The van der Waals surface area contributed by atoms with E-state index in [2.05, 4.69) is 5.32 Å². The van der Waals surface area contributed by atoms with E-state index in [-0.39, 0.29) is 18.1 Å². The molecule has 18 heavy (non-hydrogen) atoms. The molecule has 0 aliphatic carbocycles. The quantitative estimate of drug-likeness (QED) is 0.783. The van der Waals surface area contributed by atoms with Crippen LogP contribution in [0.25, 0.3) is 0 Å². The Balaban J connectivity index is 2.72. The maximum atomic E-state index is 11.7. The summed E-state index contributed by atoms with van der Waals surface area (Å²) in [5.74, 6) is 0.574. The molecule has 1 N–H and O–H groups in total. The molecule has 4 heteroatoms. The lowest BCUT2D eigenvalue weighted by Crippen LogP contribution is -2.43. The van der Waals surface area contributed by atoms with Crippen LogP contribution in [0, 0.1) is 0 Å². The van der Waals surface area contributed by atoms with Crippen molar-refractivity contribution in [2.75, 3.05) is 14.2 Å². The molecule has 0 radical (unpaired) electrons. The first-order chi connectivity index (χ1) is 8.56. The number of hydrogen-bond acceptors (Lipinski definition) is 4. The van der Waals surface area contributed by atoms with Gasteiger partial charge in [-0.25, -0.2) is 0 Å². The highest BCUT2D eigenvalue weighted by molar-refractivity contribution is 5.76. The highest BCUT2D eigenvalue weighted by Gasteiger charge is 2.20. The molecule has 0 heterocycles. The van der Waals surface area contributed by atoms with E-state index in [1.54, 1.807) is 7.11 Å².